The molecule has 0 radical (unpaired) electrons. The molecule has 1 fully saturated rings. The van der Waals surface area contributed by atoms with E-state index < -0.39 is 17.8 Å². The van der Waals surface area contributed by atoms with E-state index in [1.165, 1.54) is 10.9 Å². The molecule has 5 rings (SSSR count). The zero-order valence-corrected chi connectivity index (χ0v) is 18.5. The molecule has 1 atom stereocenters. The average molecular weight is 476 g/mol. The second kappa shape index (κ2) is 7.83. The van der Waals surface area contributed by atoms with E-state index in [0.717, 1.165) is 36.1 Å². The van der Waals surface area contributed by atoms with Crippen LogP contribution in [0.25, 0.3) is 16.2 Å². The van der Waals surface area contributed by atoms with Gasteiger partial charge in [-0.1, -0.05) is 0 Å². The van der Waals surface area contributed by atoms with Crippen molar-refractivity contribution in [3.63, 3.8) is 0 Å². The Morgan fingerprint density at radius 2 is 2.12 bits per heavy atom. The highest BCUT2D eigenvalue weighted by atomic mass is 32.1. The first-order valence-electron chi connectivity index (χ1n) is 10.2. The van der Waals surface area contributed by atoms with Crippen LogP contribution < -0.4 is 10.2 Å². The first-order chi connectivity index (χ1) is 15.7. The third-order valence-electron chi connectivity index (χ3n) is 5.57. The van der Waals surface area contributed by atoms with Gasteiger partial charge in [0.05, 0.1) is 11.8 Å². The number of pyridine rings is 1. The van der Waals surface area contributed by atoms with E-state index >= 15 is 0 Å². The largest absolute Gasteiger partial charge is 0.434 e. The van der Waals surface area contributed by atoms with Crippen molar-refractivity contribution in [3.8, 4) is 10.6 Å². The van der Waals surface area contributed by atoms with Gasteiger partial charge in [-0.15, -0.1) is 16.4 Å². The van der Waals surface area contributed by atoms with E-state index in [-0.39, 0.29) is 16.3 Å². The maximum absolute atomic E-state index is 13.0. The molecule has 0 spiro atoms. The van der Waals surface area contributed by atoms with Gasteiger partial charge in [-0.3, -0.25) is 9.48 Å². The van der Waals surface area contributed by atoms with Gasteiger partial charge in [-0.2, -0.15) is 23.3 Å². The average Bonchev–Trinajstić information content (AvgIpc) is 3.52. The number of rotatable bonds is 4. The van der Waals surface area contributed by atoms with Crippen LogP contribution in [-0.2, 0) is 13.2 Å². The maximum atomic E-state index is 13.0. The van der Waals surface area contributed by atoms with Gasteiger partial charge in [0, 0.05) is 43.0 Å². The molecule has 0 aromatic carbocycles. The number of carbonyl (C=O) groups is 1. The van der Waals surface area contributed by atoms with E-state index in [2.05, 4.69) is 37.3 Å². The summed E-state index contributed by atoms with van der Waals surface area (Å²) in [5, 5.41) is 12.3. The van der Waals surface area contributed by atoms with Gasteiger partial charge in [-0.05, 0) is 25.8 Å². The highest BCUT2D eigenvalue weighted by Gasteiger charge is 2.34. The Labute approximate surface area is 189 Å². The molecule has 172 valence electrons. The molecule has 5 heterocycles. The van der Waals surface area contributed by atoms with Crippen LogP contribution in [0.2, 0.25) is 0 Å². The number of halogens is 3. The minimum absolute atomic E-state index is 0.0675. The fourth-order valence-corrected chi connectivity index (χ4v) is 4.72. The van der Waals surface area contributed by atoms with E-state index in [1.54, 1.807) is 29.9 Å². The Hall–Kier alpha value is -3.48. The van der Waals surface area contributed by atoms with Gasteiger partial charge in [0.1, 0.15) is 10.7 Å². The zero-order chi connectivity index (χ0) is 23.3. The van der Waals surface area contributed by atoms with Gasteiger partial charge in [0.15, 0.2) is 11.3 Å². The molecule has 4 aromatic heterocycles. The molecule has 1 aliphatic heterocycles. The minimum atomic E-state index is -4.56. The van der Waals surface area contributed by atoms with Crippen LogP contribution in [0.3, 0.4) is 0 Å². The molecule has 0 saturated carbocycles. The fourth-order valence-electron chi connectivity index (χ4n) is 3.88. The summed E-state index contributed by atoms with van der Waals surface area (Å²) in [5.74, 6) is 0.118. The van der Waals surface area contributed by atoms with Gasteiger partial charge >= 0.3 is 6.18 Å². The molecule has 1 N–H and O–H groups in total. The van der Waals surface area contributed by atoms with Gasteiger partial charge in [0.2, 0.25) is 5.95 Å². The summed E-state index contributed by atoms with van der Waals surface area (Å²) in [4.78, 5) is 23.4. The summed E-state index contributed by atoms with van der Waals surface area (Å²) >= 11 is 0.807. The molecular formula is C20H19F3N8OS. The standard InChI is InChI=1S/C20H19F3N8OS/c1-11-4-3-6-30(11)19-27-15-8-12(5-7-31(15)28-19)25-17(32)16-13(9-24-29(16)2)18-26-14(10-33-18)20(21,22)23/h5,7-11H,3-4,6H2,1-2H3,(H,25,32)/t11-/m0/s1. The molecule has 1 amide bonds. The zero-order valence-electron chi connectivity index (χ0n) is 17.7. The lowest BCUT2D eigenvalue weighted by atomic mass is 10.2. The third-order valence-corrected chi connectivity index (χ3v) is 6.45. The second-order valence-electron chi connectivity index (χ2n) is 7.83. The number of aryl methyl sites for hydroxylation is 1. The van der Waals surface area contributed by atoms with E-state index in [4.69, 9.17) is 0 Å². The monoisotopic (exact) mass is 476 g/mol. The van der Waals surface area contributed by atoms with Crippen LogP contribution in [0, 0.1) is 0 Å². The first-order valence-corrected chi connectivity index (χ1v) is 11.1. The summed E-state index contributed by atoms with van der Waals surface area (Å²) in [6, 6.07) is 3.74. The molecule has 0 aliphatic carbocycles. The number of thiazole rings is 1. The molecule has 1 aliphatic rings. The number of aromatic nitrogens is 6. The van der Waals surface area contributed by atoms with Crippen LogP contribution in [0.1, 0.15) is 35.9 Å². The lowest BCUT2D eigenvalue weighted by Crippen LogP contribution is -2.27. The van der Waals surface area contributed by atoms with Crippen molar-refractivity contribution < 1.29 is 18.0 Å². The molecule has 1 saturated heterocycles. The molecule has 0 unspecified atom stereocenters. The van der Waals surface area contributed by atoms with Gasteiger partial charge < -0.3 is 10.2 Å². The predicted octanol–water partition coefficient (Wildman–Crippen LogP) is 3.85. The summed E-state index contributed by atoms with van der Waals surface area (Å²) < 4.78 is 41.8. The Morgan fingerprint density at radius 1 is 1.30 bits per heavy atom. The van der Waals surface area contributed by atoms with Crippen molar-refractivity contribution in [3.05, 3.63) is 41.3 Å². The highest BCUT2D eigenvalue weighted by Crippen LogP contribution is 2.34. The number of carbonyl (C=O) groups excluding carboxylic acids is 1. The number of nitrogens with one attached hydrogen (secondary N) is 1. The van der Waals surface area contributed by atoms with Crippen LogP contribution in [-0.4, -0.2) is 47.9 Å². The van der Waals surface area contributed by atoms with Gasteiger partial charge in [0.25, 0.3) is 5.91 Å². The van der Waals surface area contributed by atoms with E-state index in [9.17, 15) is 18.0 Å². The molecule has 0 bridgehead atoms. The van der Waals surface area contributed by atoms with Crippen molar-refractivity contribution in [2.75, 3.05) is 16.8 Å². The summed E-state index contributed by atoms with van der Waals surface area (Å²) in [5.41, 5.74) is 0.374. The number of amides is 1. The van der Waals surface area contributed by atoms with Crippen molar-refractivity contribution in [1.82, 2.24) is 29.4 Å². The number of hydrogen-bond donors (Lipinski definition) is 1. The smallest absolute Gasteiger partial charge is 0.337 e. The van der Waals surface area contributed by atoms with E-state index in [0.29, 0.717) is 23.3 Å². The Bertz CT molecular complexity index is 1340. The quantitative estimate of drug-likeness (QED) is 0.481. The molecule has 33 heavy (non-hydrogen) atoms. The number of nitrogens with zero attached hydrogens (tertiary/aromatic N) is 7. The summed E-state index contributed by atoms with van der Waals surface area (Å²) in [6.07, 6.45) is 0.655. The Kier molecular flexibility index (Phi) is 5.07. The number of fused-ring (bicyclic) bond motifs is 1. The SMILES string of the molecule is C[C@H]1CCCN1c1nc2cc(NC(=O)c3c(-c4nc(C(F)(F)F)cs4)cnn3C)ccn2n1. The first kappa shape index (κ1) is 21.4. The van der Waals surface area contributed by atoms with Crippen LogP contribution in [0.4, 0.5) is 24.8 Å². The topological polar surface area (TPSA) is 93.2 Å². The Morgan fingerprint density at radius 3 is 2.82 bits per heavy atom. The Balaban J connectivity index is 1.41. The van der Waals surface area contributed by atoms with Crippen LogP contribution in [0.5, 0.6) is 0 Å². The minimum Gasteiger partial charge on any atom is -0.337 e. The van der Waals surface area contributed by atoms with Crippen LogP contribution in [0.15, 0.2) is 29.9 Å². The number of anilines is 2. The molecule has 4 aromatic rings. The van der Waals surface area contributed by atoms with Gasteiger partial charge in [-0.25, -0.2) is 9.50 Å². The fraction of sp³-hybridized carbons (Fsp3) is 0.350. The molecule has 9 nitrogen and oxygen atoms in total. The predicted molar refractivity (Wildman–Crippen MR) is 116 cm³/mol. The highest BCUT2D eigenvalue weighted by molar-refractivity contribution is 7.13. The summed E-state index contributed by atoms with van der Waals surface area (Å²) in [7, 11) is 1.54. The number of alkyl halides is 3. The lowest BCUT2D eigenvalue weighted by Gasteiger charge is -2.18. The van der Waals surface area contributed by atoms with Crippen LogP contribution >= 0.6 is 11.3 Å². The summed E-state index contributed by atoms with van der Waals surface area (Å²) in [6.45, 7) is 3.04. The van der Waals surface area contributed by atoms with E-state index in [1.807, 2.05) is 0 Å². The van der Waals surface area contributed by atoms with Crippen molar-refractivity contribution in [2.45, 2.75) is 32.0 Å². The molecule has 13 heteroatoms. The normalized spacial score (nSPS) is 16.6. The third kappa shape index (κ3) is 3.92. The van der Waals surface area contributed by atoms with Crippen molar-refractivity contribution in [1.29, 1.82) is 0 Å². The van der Waals surface area contributed by atoms with Crippen molar-refractivity contribution in [2.24, 2.45) is 7.05 Å². The van der Waals surface area contributed by atoms with Crippen molar-refractivity contribution >= 4 is 34.5 Å². The molecular weight excluding hydrogens is 457 g/mol. The number of hydrogen-bond acceptors (Lipinski definition) is 7. The second-order valence-corrected chi connectivity index (χ2v) is 8.69. The maximum Gasteiger partial charge on any atom is 0.434 e. The lowest BCUT2D eigenvalue weighted by molar-refractivity contribution is -0.140.